The van der Waals surface area contributed by atoms with Crippen LogP contribution in [0.15, 0.2) is 36.4 Å². The van der Waals surface area contributed by atoms with Gasteiger partial charge in [-0.05, 0) is 31.0 Å². The highest BCUT2D eigenvalue weighted by molar-refractivity contribution is 5.91. The first-order valence-electron chi connectivity index (χ1n) is 9.49. The molecule has 0 aromatic heterocycles. The summed E-state index contributed by atoms with van der Waals surface area (Å²) in [6.07, 6.45) is 4.26. The zero-order valence-electron chi connectivity index (χ0n) is 15.9. The number of fused-ring (bicyclic) bond motifs is 1. The van der Waals surface area contributed by atoms with Crippen molar-refractivity contribution in [1.82, 2.24) is 4.90 Å². The highest BCUT2D eigenvalue weighted by atomic mass is 16.6. The minimum atomic E-state index is -0.710. The summed E-state index contributed by atoms with van der Waals surface area (Å²) in [4.78, 5) is 27.7. The lowest BCUT2D eigenvalue weighted by Crippen LogP contribution is -2.40. The van der Waals surface area contributed by atoms with Crippen LogP contribution in [0.25, 0.3) is 0 Å². The van der Waals surface area contributed by atoms with Gasteiger partial charge < -0.3 is 19.1 Å². The molecule has 0 N–H and O–H groups in total. The van der Waals surface area contributed by atoms with Crippen molar-refractivity contribution in [2.75, 3.05) is 20.3 Å². The van der Waals surface area contributed by atoms with Crippen LogP contribution in [0.3, 0.4) is 0 Å². The van der Waals surface area contributed by atoms with E-state index in [-0.39, 0.29) is 24.0 Å². The van der Waals surface area contributed by atoms with E-state index in [2.05, 4.69) is 0 Å². The van der Waals surface area contributed by atoms with Crippen LogP contribution < -0.4 is 4.74 Å². The molecular weight excluding hydrogens is 346 g/mol. The van der Waals surface area contributed by atoms with Gasteiger partial charge in [-0.2, -0.15) is 0 Å². The summed E-state index contributed by atoms with van der Waals surface area (Å²) >= 11 is 0. The summed E-state index contributed by atoms with van der Waals surface area (Å²) in [5.74, 6) is -0.647. The number of carbonyl (C=O) groups excluding carboxylic acids is 2. The molecule has 4 rings (SSSR count). The number of hydrogen-bond acceptors (Lipinski definition) is 5. The molecule has 144 valence electrons. The second-order valence-electron chi connectivity index (χ2n) is 7.48. The van der Waals surface area contributed by atoms with Crippen LogP contribution in [-0.2, 0) is 19.1 Å². The number of esters is 1. The molecule has 2 fully saturated rings. The van der Waals surface area contributed by atoms with Crippen molar-refractivity contribution in [3.05, 3.63) is 42.0 Å². The molecule has 4 unspecified atom stereocenters. The number of methoxy groups -OCH3 is 1. The Bertz CT molecular complexity index is 773. The maximum Gasteiger partial charge on any atom is 0.312 e. The van der Waals surface area contributed by atoms with Gasteiger partial charge in [0, 0.05) is 0 Å². The van der Waals surface area contributed by atoms with Gasteiger partial charge in [-0.15, -0.1) is 0 Å². The third kappa shape index (κ3) is 2.74. The highest BCUT2D eigenvalue weighted by Gasteiger charge is 2.67. The Morgan fingerprint density at radius 2 is 2.11 bits per heavy atom. The average molecular weight is 371 g/mol. The van der Waals surface area contributed by atoms with Gasteiger partial charge in [0.25, 0.3) is 0 Å². The lowest BCUT2D eigenvalue weighted by atomic mass is 9.77. The van der Waals surface area contributed by atoms with Crippen molar-refractivity contribution in [1.29, 1.82) is 0 Å². The van der Waals surface area contributed by atoms with E-state index < -0.39 is 17.4 Å². The van der Waals surface area contributed by atoms with Gasteiger partial charge in [0.2, 0.25) is 5.91 Å². The van der Waals surface area contributed by atoms with Crippen LogP contribution in [0.5, 0.6) is 5.75 Å². The summed E-state index contributed by atoms with van der Waals surface area (Å²) in [7, 11) is 1.63. The van der Waals surface area contributed by atoms with E-state index >= 15 is 0 Å². The van der Waals surface area contributed by atoms with Crippen LogP contribution in [0.4, 0.5) is 0 Å². The number of rotatable bonds is 6. The Morgan fingerprint density at radius 3 is 2.78 bits per heavy atom. The van der Waals surface area contributed by atoms with Gasteiger partial charge in [0.05, 0.1) is 38.3 Å². The molecule has 2 saturated heterocycles. The molecule has 3 aliphatic rings. The Morgan fingerprint density at radius 1 is 1.37 bits per heavy atom. The number of ether oxygens (including phenoxy) is 3. The lowest BCUT2D eigenvalue weighted by Gasteiger charge is -2.27. The zero-order chi connectivity index (χ0) is 19.2. The first kappa shape index (κ1) is 18.0. The lowest BCUT2D eigenvalue weighted by molar-refractivity contribution is -0.154. The number of nitrogens with zero attached hydrogens (tertiary/aromatic N) is 1. The van der Waals surface area contributed by atoms with Gasteiger partial charge in [0.15, 0.2) is 0 Å². The molecule has 0 radical (unpaired) electrons. The third-order valence-electron chi connectivity index (χ3n) is 5.92. The fourth-order valence-electron chi connectivity index (χ4n) is 4.49. The zero-order valence-corrected chi connectivity index (χ0v) is 15.9. The molecule has 1 aromatic rings. The minimum absolute atomic E-state index is 0.0383. The molecule has 3 heterocycles. The second-order valence-corrected chi connectivity index (χ2v) is 7.48. The second kappa shape index (κ2) is 6.68. The van der Waals surface area contributed by atoms with Crippen LogP contribution in [-0.4, -0.2) is 48.7 Å². The Balaban J connectivity index is 1.57. The molecule has 0 saturated carbocycles. The minimum Gasteiger partial charge on any atom is -0.497 e. The molecule has 1 aromatic carbocycles. The highest BCUT2D eigenvalue weighted by Crippen LogP contribution is 2.53. The van der Waals surface area contributed by atoms with E-state index in [1.54, 1.807) is 7.11 Å². The summed E-state index contributed by atoms with van der Waals surface area (Å²) in [6, 6.07) is 7.58. The van der Waals surface area contributed by atoms with Gasteiger partial charge in [-0.25, -0.2) is 0 Å². The summed E-state index contributed by atoms with van der Waals surface area (Å²) in [5, 5.41) is 0. The predicted octanol–water partition coefficient (Wildman–Crippen LogP) is 2.49. The number of benzene rings is 1. The monoisotopic (exact) mass is 371 g/mol. The molecule has 3 aliphatic heterocycles. The maximum atomic E-state index is 13.3. The molecule has 1 spiro atoms. The van der Waals surface area contributed by atoms with Crippen LogP contribution in [0.2, 0.25) is 0 Å². The predicted molar refractivity (Wildman–Crippen MR) is 98.1 cm³/mol. The number of likely N-dealkylation sites (tertiary alicyclic amines) is 1. The van der Waals surface area contributed by atoms with Gasteiger partial charge in [-0.1, -0.05) is 31.2 Å². The first-order chi connectivity index (χ1) is 13.0. The normalized spacial score (nSPS) is 31.9. The summed E-state index contributed by atoms with van der Waals surface area (Å²) in [6.45, 7) is 4.77. The molecule has 0 aliphatic carbocycles. The van der Waals surface area contributed by atoms with Gasteiger partial charge >= 0.3 is 5.97 Å². The van der Waals surface area contributed by atoms with E-state index in [0.29, 0.717) is 13.2 Å². The van der Waals surface area contributed by atoms with E-state index in [1.165, 1.54) is 0 Å². The Labute approximate surface area is 159 Å². The SMILES string of the molecule is CCCOC(=O)C1C2C=C[C@]3(CN(C(C)c4ccc(OC)cc4)C(=O)C13)O2. The van der Waals surface area contributed by atoms with E-state index in [9.17, 15) is 9.59 Å². The van der Waals surface area contributed by atoms with Crippen molar-refractivity contribution in [3.8, 4) is 5.75 Å². The van der Waals surface area contributed by atoms with Crippen LogP contribution in [0.1, 0.15) is 31.9 Å². The van der Waals surface area contributed by atoms with Crippen molar-refractivity contribution in [2.24, 2.45) is 11.8 Å². The number of carbonyl (C=O) groups is 2. The van der Waals surface area contributed by atoms with Gasteiger partial charge in [0.1, 0.15) is 17.3 Å². The molecule has 5 atom stereocenters. The molecule has 6 heteroatoms. The maximum absolute atomic E-state index is 13.3. The average Bonchev–Trinajstić information content (AvgIpc) is 3.34. The quantitative estimate of drug-likeness (QED) is 0.568. The van der Waals surface area contributed by atoms with Crippen LogP contribution >= 0.6 is 0 Å². The van der Waals surface area contributed by atoms with Crippen LogP contribution in [0, 0.1) is 11.8 Å². The van der Waals surface area contributed by atoms with Gasteiger partial charge in [-0.3, -0.25) is 9.59 Å². The molecule has 1 amide bonds. The van der Waals surface area contributed by atoms with Crippen molar-refractivity contribution >= 4 is 11.9 Å². The van der Waals surface area contributed by atoms with Crippen molar-refractivity contribution < 1.29 is 23.8 Å². The fraction of sp³-hybridized carbons (Fsp3) is 0.524. The molecular formula is C21H25NO5. The van der Waals surface area contributed by atoms with E-state index in [1.807, 2.05) is 55.2 Å². The van der Waals surface area contributed by atoms with E-state index in [4.69, 9.17) is 14.2 Å². The number of amides is 1. The standard InChI is InChI=1S/C21H25NO5/c1-4-11-26-20(24)17-16-9-10-21(27-16)12-22(19(23)18(17)21)13(2)14-5-7-15(25-3)8-6-14/h5-10,13,16-18H,4,11-12H2,1-3H3/t13?,16?,17?,18?,21-/m1/s1. The van der Waals surface area contributed by atoms with Crippen molar-refractivity contribution in [3.63, 3.8) is 0 Å². The van der Waals surface area contributed by atoms with Crippen molar-refractivity contribution in [2.45, 2.75) is 38.0 Å². The first-order valence-corrected chi connectivity index (χ1v) is 9.49. The summed E-state index contributed by atoms with van der Waals surface area (Å²) in [5.41, 5.74) is 0.308. The topological polar surface area (TPSA) is 65.1 Å². The Kier molecular flexibility index (Phi) is 4.46. The number of hydrogen-bond donors (Lipinski definition) is 0. The van der Waals surface area contributed by atoms with E-state index in [0.717, 1.165) is 17.7 Å². The molecule has 2 bridgehead atoms. The third-order valence-corrected chi connectivity index (χ3v) is 5.92. The molecule has 27 heavy (non-hydrogen) atoms. The smallest absolute Gasteiger partial charge is 0.312 e. The molecule has 6 nitrogen and oxygen atoms in total. The fourth-order valence-corrected chi connectivity index (χ4v) is 4.49. The largest absolute Gasteiger partial charge is 0.497 e. The Hall–Kier alpha value is -2.34. The summed E-state index contributed by atoms with van der Waals surface area (Å²) < 4.78 is 16.7.